The first-order valence-corrected chi connectivity index (χ1v) is 6.97. The quantitative estimate of drug-likeness (QED) is 0.908. The zero-order valence-corrected chi connectivity index (χ0v) is 11.7. The molecule has 1 aliphatic carbocycles. The van der Waals surface area contributed by atoms with Crippen molar-refractivity contribution < 1.29 is 9.13 Å². The molecular formula is C15H18FN3O. The van der Waals surface area contributed by atoms with Gasteiger partial charge in [0.25, 0.3) is 0 Å². The molecule has 20 heavy (non-hydrogen) atoms. The van der Waals surface area contributed by atoms with E-state index in [1.807, 2.05) is 0 Å². The molecule has 0 aliphatic heterocycles. The van der Waals surface area contributed by atoms with Crippen LogP contribution >= 0.6 is 0 Å². The van der Waals surface area contributed by atoms with Gasteiger partial charge in [-0.15, -0.1) is 0 Å². The van der Waals surface area contributed by atoms with E-state index in [1.54, 1.807) is 6.07 Å². The molecule has 1 aliphatic rings. The van der Waals surface area contributed by atoms with Gasteiger partial charge in [0.1, 0.15) is 12.1 Å². The van der Waals surface area contributed by atoms with Crippen LogP contribution < -0.4 is 10.1 Å². The number of hydrogen-bond acceptors (Lipinski definition) is 4. The number of benzene rings is 1. The van der Waals surface area contributed by atoms with Crippen molar-refractivity contribution in [1.29, 1.82) is 0 Å². The summed E-state index contributed by atoms with van der Waals surface area (Å²) < 4.78 is 18.7. The molecular weight excluding hydrogens is 257 g/mol. The number of nitrogens with zero attached hydrogens (tertiary/aromatic N) is 2. The monoisotopic (exact) mass is 275 g/mol. The van der Waals surface area contributed by atoms with E-state index in [9.17, 15) is 4.39 Å². The van der Waals surface area contributed by atoms with Gasteiger partial charge in [-0.2, -0.15) is 0 Å². The molecule has 2 aromatic rings. The largest absolute Gasteiger partial charge is 0.494 e. The average Bonchev–Trinajstić information content (AvgIpc) is 3.17. The molecule has 106 valence electrons. The van der Waals surface area contributed by atoms with Crippen molar-refractivity contribution in [2.75, 3.05) is 12.4 Å². The molecule has 2 unspecified atom stereocenters. The molecule has 3 rings (SSSR count). The fourth-order valence-corrected chi connectivity index (χ4v) is 2.62. The van der Waals surface area contributed by atoms with E-state index in [4.69, 9.17) is 4.74 Å². The second kappa shape index (κ2) is 5.23. The van der Waals surface area contributed by atoms with Gasteiger partial charge in [-0.1, -0.05) is 13.3 Å². The lowest BCUT2D eigenvalue weighted by Crippen LogP contribution is -2.07. The molecule has 0 radical (unpaired) electrons. The smallest absolute Gasteiger partial charge is 0.167 e. The van der Waals surface area contributed by atoms with Crippen LogP contribution in [0.4, 0.5) is 10.2 Å². The Morgan fingerprint density at radius 3 is 3.00 bits per heavy atom. The first-order valence-electron chi connectivity index (χ1n) is 6.97. The Hall–Kier alpha value is -1.91. The maximum atomic E-state index is 13.7. The SMILES string of the molecule is CCCC1CC1Nc1ncnc2cc(F)c(OC)cc12. The van der Waals surface area contributed by atoms with Gasteiger partial charge in [-0.3, -0.25) is 0 Å². The summed E-state index contributed by atoms with van der Waals surface area (Å²) in [6.45, 7) is 2.20. The predicted molar refractivity (Wildman–Crippen MR) is 76.5 cm³/mol. The van der Waals surface area contributed by atoms with Crippen LogP contribution in [0.25, 0.3) is 10.9 Å². The van der Waals surface area contributed by atoms with Crippen molar-refractivity contribution in [2.45, 2.75) is 32.2 Å². The van der Waals surface area contributed by atoms with Crippen molar-refractivity contribution in [3.8, 4) is 5.75 Å². The molecule has 1 saturated carbocycles. The van der Waals surface area contributed by atoms with Crippen LogP contribution in [0.5, 0.6) is 5.75 Å². The van der Waals surface area contributed by atoms with Crippen LogP contribution in [-0.2, 0) is 0 Å². The summed E-state index contributed by atoms with van der Waals surface area (Å²) in [4.78, 5) is 8.40. The minimum absolute atomic E-state index is 0.219. The summed E-state index contributed by atoms with van der Waals surface area (Å²) in [5, 5.41) is 4.23. The fraction of sp³-hybridized carbons (Fsp3) is 0.467. The highest BCUT2D eigenvalue weighted by molar-refractivity contribution is 5.90. The van der Waals surface area contributed by atoms with Gasteiger partial charge in [0.2, 0.25) is 0 Å². The molecule has 2 atom stereocenters. The molecule has 1 fully saturated rings. The Morgan fingerprint density at radius 1 is 1.40 bits per heavy atom. The van der Waals surface area contributed by atoms with E-state index in [0.29, 0.717) is 11.6 Å². The zero-order chi connectivity index (χ0) is 14.1. The number of methoxy groups -OCH3 is 1. The van der Waals surface area contributed by atoms with E-state index in [2.05, 4.69) is 22.2 Å². The molecule has 5 heteroatoms. The standard InChI is InChI=1S/C15H18FN3O/c1-3-4-9-5-12(9)19-15-10-6-14(20-2)11(16)7-13(10)17-8-18-15/h6-9,12H,3-5H2,1-2H3,(H,17,18,19). The molecule has 1 aromatic carbocycles. The third-order valence-electron chi connectivity index (χ3n) is 3.81. The third-order valence-corrected chi connectivity index (χ3v) is 3.81. The van der Waals surface area contributed by atoms with E-state index >= 15 is 0 Å². The van der Waals surface area contributed by atoms with Gasteiger partial charge >= 0.3 is 0 Å². The number of nitrogens with one attached hydrogen (secondary N) is 1. The van der Waals surface area contributed by atoms with Crippen LogP contribution in [0.1, 0.15) is 26.2 Å². The van der Waals surface area contributed by atoms with E-state index in [0.717, 1.165) is 17.1 Å². The van der Waals surface area contributed by atoms with Gasteiger partial charge in [-0.25, -0.2) is 14.4 Å². The molecule has 0 spiro atoms. The lowest BCUT2D eigenvalue weighted by atomic mass is 10.2. The lowest BCUT2D eigenvalue weighted by Gasteiger charge is -2.09. The molecule has 0 amide bonds. The van der Waals surface area contributed by atoms with Crippen LogP contribution in [0, 0.1) is 11.7 Å². The van der Waals surface area contributed by atoms with E-state index in [1.165, 1.54) is 38.8 Å². The highest BCUT2D eigenvalue weighted by Crippen LogP contribution is 2.38. The van der Waals surface area contributed by atoms with Crippen molar-refractivity contribution in [2.24, 2.45) is 5.92 Å². The van der Waals surface area contributed by atoms with Gasteiger partial charge in [0.05, 0.1) is 12.6 Å². The summed E-state index contributed by atoms with van der Waals surface area (Å²) in [7, 11) is 1.46. The van der Waals surface area contributed by atoms with Crippen LogP contribution in [0.3, 0.4) is 0 Å². The number of rotatable bonds is 5. The molecule has 1 N–H and O–H groups in total. The maximum Gasteiger partial charge on any atom is 0.167 e. The number of hydrogen-bond donors (Lipinski definition) is 1. The number of ether oxygens (including phenoxy) is 1. The molecule has 1 aromatic heterocycles. The number of fused-ring (bicyclic) bond motifs is 1. The Morgan fingerprint density at radius 2 is 2.25 bits per heavy atom. The molecule has 1 heterocycles. The van der Waals surface area contributed by atoms with Gasteiger partial charge in [-0.05, 0) is 24.8 Å². The molecule has 0 bridgehead atoms. The van der Waals surface area contributed by atoms with E-state index < -0.39 is 5.82 Å². The lowest BCUT2D eigenvalue weighted by molar-refractivity contribution is 0.387. The predicted octanol–water partition coefficient (Wildman–Crippen LogP) is 3.38. The van der Waals surface area contributed by atoms with Crippen LogP contribution in [-0.4, -0.2) is 23.1 Å². The zero-order valence-electron chi connectivity index (χ0n) is 11.7. The third kappa shape index (κ3) is 2.40. The normalized spacial score (nSPS) is 20.9. The highest BCUT2D eigenvalue weighted by Gasteiger charge is 2.36. The van der Waals surface area contributed by atoms with Gasteiger partial charge < -0.3 is 10.1 Å². The van der Waals surface area contributed by atoms with Crippen molar-refractivity contribution in [3.05, 3.63) is 24.3 Å². The Bertz CT molecular complexity index is 632. The van der Waals surface area contributed by atoms with Gasteiger partial charge in [0, 0.05) is 17.5 Å². The van der Waals surface area contributed by atoms with E-state index in [-0.39, 0.29) is 5.75 Å². The summed E-state index contributed by atoms with van der Waals surface area (Å²) >= 11 is 0. The minimum Gasteiger partial charge on any atom is -0.494 e. The van der Waals surface area contributed by atoms with Crippen molar-refractivity contribution in [1.82, 2.24) is 9.97 Å². The molecule has 0 saturated heterocycles. The van der Waals surface area contributed by atoms with Gasteiger partial charge in [0.15, 0.2) is 11.6 Å². The first-order chi connectivity index (χ1) is 9.72. The van der Waals surface area contributed by atoms with Crippen molar-refractivity contribution >= 4 is 16.7 Å². The number of aromatic nitrogens is 2. The Kier molecular flexibility index (Phi) is 3.42. The fourth-order valence-electron chi connectivity index (χ4n) is 2.62. The summed E-state index contributed by atoms with van der Waals surface area (Å²) in [5.74, 6) is 1.31. The number of halogens is 1. The summed E-state index contributed by atoms with van der Waals surface area (Å²) in [6, 6.07) is 3.52. The van der Waals surface area contributed by atoms with Crippen LogP contribution in [0.15, 0.2) is 18.5 Å². The second-order valence-electron chi connectivity index (χ2n) is 5.26. The first kappa shape index (κ1) is 13.1. The van der Waals surface area contributed by atoms with Crippen LogP contribution in [0.2, 0.25) is 0 Å². The number of anilines is 1. The Balaban J connectivity index is 1.91. The Labute approximate surface area is 117 Å². The molecule has 4 nitrogen and oxygen atoms in total. The maximum absolute atomic E-state index is 13.7. The average molecular weight is 275 g/mol. The summed E-state index contributed by atoms with van der Waals surface area (Å²) in [5.41, 5.74) is 0.591. The van der Waals surface area contributed by atoms with Crippen molar-refractivity contribution in [3.63, 3.8) is 0 Å². The highest BCUT2D eigenvalue weighted by atomic mass is 19.1. The second-order valence-corrected chi connectivity index (χ2v) is 5.26. The minimum atomic E-state index is -0.403. The topological polar surface area (TPSA) is 47.0 Å². The summed E-state index contributed by atoms with van der Waals surface area (Å²) in [6.07, 6.45) is 5.08.